The first kappa shape index (κ1) is 29.1. The van der Waals surface area contributed by atoms with Crippen LogP contribution in [-0.2, 0) is 18.9 Å². The summed E-state index contributed by atoms with van der Waals surface area (Å²) < 4.78 is 95.5. The van der Waals surface area contributed by atoms with Gasteiger partial charge in [0.25, 0.3) is 11.1 Å². The van der Waals surface area contributed by atoms with Crippen LogP contribution in [-0.4, -0.2) is 42.3 Å². The van der Waals surface area contributed by atoms with E-state index in [1.54, 1.807) is 0 Å². The number of hydrogen-bond acceptors (Lipinski definition) is 7. The van der Waals surface area contributed by atoms with Crippen LogP contribution >= 0.6 is 0 Å². The van der Waals surface area contributed by atoms with Crippen LogP contribution in [0.2, 0.25) is 0 Å². The normalized spacial score (nSPS) is 17.8. The number of aromatic nitrogens is 6. The fourth-order valence-corrected chi connectivity index (χ4v) is 5.22. The lowest BCUT2D eigenvalue weighted by atomic mass is 10.0. The fraction of sp³-hybridized carbons (Fsp3) is 0.385. The largest absolute Gasteiger partial charge is 0.423 e. The molecule has 1 aromatic carbocycles. The molecule has 3 aromatic heterocycles. The molecule has 0 spiro atoms. The third kappa shape index (κ3) is 5.69. The van der Waals surface area contributed by atoms with Crippen LogP contribution in [0.3, 0.4) is 0 Å². The van der Waals surface area contributed by atoms with Crippen molar-refractivity contribution in [1.82, 2.24) is 29.7 Å². The number of benzene rings is 1. The Bertz CT molecular complexity index is 1730. The molecule has 0 saturated carbocycles. The molecule has 4 heterocycles. The number of aryl methyl sites for hydroxylation is 1. The van der Waals surface area contributed by atoms with Crippen molar-refractivity contribution in [3.8, 4) is 11.4 Å². The highest BCUT2D eigenvalue weighted by atomic mass is 19.4. The smallest absolute Gasteiger partial charge is 0.366 e. The van der Waals surface area contributed by atoms with Gasteiger partial charge < -0.3 is 4.90 Å². The molecule has 42 heavy (non-hydrogen) atoms. The maximum Gasteiger partial charge on any atom is 0.423 e. The molecule has 222 valence electrons. The third-order valence-corrected chi connectivity index (χ3v) is 7.12. The molecule has 0 bridgehead atoms. The van der Waals surface area contributed by atoms with Crippen LogP contribution in [0.4, 0.5) is 36.4 Å². The van der Waals surface area contributed by atoms with Crippen molar-refractivity contribution in [2.45, 2.75) is 51.1 Å². The first-order valence-electron chi connectivity index (χ1n) is 12.7. The number of fused-ring (bicyclic) bond motifs is 1. The summed E-state index contributed by atoms with van der Waals surface area (Å²) in [5, 5.41) is 5.32. The number of aromatic amines is 1. The Morgan fingerprint density at radius 1 is 1.00 bits per heavy atom. The highest BCUT2D eigenvalue weighted by molar-refractivity contribution is 5.82. The number of nitrogens with zero attached hydrogens (tertiary/aromatic N) is 6. The van der Waals surface area contributed by atoms with Gasteiger partial charge in [-0.25, -0.2) is 24.4 Å². The van der Waals surface area contributed by atoms with E-state index in [-0.39, 0.29) is 46.5 Å². The van der Waals surface area contributed by atoms with E-state index in [0.717, 1.165) is 12.3 Å². The zero-order valence-corrected chi connectivity index (χ0v) is 21.8. The molecule has 0 radical (unpaired) electrons. The summed E-state index contributed by atoms with van der Waals surface area (Å²) in [5.74, 6) is -1.19. The van der Waals surface area contributed by atoms with Crippen LogP contribution in [0.15, 0.2) is 46.6 Å². The molecule has 4 aromatic rings. The summed E-state index contributed by atoms with van der Waals surface area (Å²) in [6.07, 6.45) is -4.94. The molecule has 1 N–H and O–H groups in total. The van der Waals surface area contributed by atoms with Crippen LogP contribution in [0.25, 0.3) is 22.3 Å². The highest BCUT2D eigenvalue weighted by Crippen LogP contribution is 2.38. The Morgan fingerprint density at radius 3 is 2.38 bits per heavy atom. The van der Waals surface area contributed by atoms with Crippen molar-refractivity contribution in [3.05, 3.63) is 74.7 Å². The predicted molar refractivity (Wildman–Crippen MR) is 136 cm³/mol. The quantitative estimate of drug-likeness (QED) is 0.318. The molecule has 0 amide bonds. The van der Waals surface area contributed by atoms with Crippen molar-refractivity contribution in [2.75, 3.05) is 11.4 Å². The van der Waals surface area contributed by atoms with E-state index in [9.17, 15) is 40.3 Å². The lowest BCUT2D eigenvalue weighted by molar-refractivity contribution is -0.139. The molecule has 1 aliphatic rings. The van der Waals surface area contributed by atoms with Crippen LogP contribution in [0, 0.1) is 11.7 Å². The summed E-state index contributed by atoms with van der Waals surface area (Å²) in [7, 11) is 0. The number of nitrogens with one attached hydrogen (secondary N) is 1. The SMILES string of the molecule is C[C@@H]1C[C@@H](CCCn2cnc3cc(-c4ncc(C(F)(F)F)cn4)c(F)cc3c2=O)N(c2cn[nH]c(=O)c2C(F)(F)F)C1. The standard InChI is InChI=1S/C26H22F7N7O2/c1-13-5-15(40(11-13)20-10-37-38-23(41)21(20)26(31,32)33)3-2-4-39-12-36-19-7-16(18(27)6-17(19)24(39)42)22-34-8-14(9-35-22)25(28,29)30/h6-10,12-13,15H,2-5,11H2,1H3,(H,38,41)/t13-,15-/m1/s1. The Balaban J connectivity index is 1.34. The minimum Gasteiger partial charge on any atom is -0.366 e. The maximum absolute atomic E-state index is 14.9. The molecule has 1 aliphatic heterocycles. The molecule has 5 rings (SSSR count). The topological polar surface area (TPSA) is 110 Å². The van der Waals surface area contributed by atoms with E-state index in [0.29, 0.717) is 38.2 Å². The number of H-pyrrole nitrogens is 1. The average Bonchev–Trinajstić information content (AvgIpc) is 3.29. The predicted octanol–water partition coefficient (Wildman–Crippen LogP) is 4.81. The molecule has 0 unspecified atom stereocenters. The second-order valence-electron chi connectivity index (χ2n) is 10.1. The van der Waals surface area contributed by atoms with E-state index in [4.69, 9.17) is 0 Å². The summed E-state index contributed by atoms with van der Waals surface area (Å²) in [6.45, 7) is 2.31. The Morgan fingerprint density at radius 2 is 1.71 bits per heavy atom. The first-order valence-corrected chi connectivity index (χ1v) is 12.7. The summed E-state index contributed by atoms with van der Waals surface area (Å²) in [6, 6.07) is 1.73. The van der Waals surface area contributed by atoms with Crippen molar-refractivity contribution in [3.63, 3.8) is 0 Å². The molecular formula is C26H22F7N7O2. The molecule has 1 fully saturated rings. The number of alkyl halides is 6. The minimum atomic E-state index is -4.87. The lowest BCUT2D eigenvalue weighted by Crippen LogP contribution is -2.35. The van der Waals surface area contributed by atoms with Gasteiger partial charge in [0, 0.05) is 31.5 Å². The number of rotatable bonds is 6. The van der Waals surface area contributed by atoms with E-state index >= 15 is 0 Å². The molecular weight excluding hydrogens is 575 g/mol. The van der Waals surface area contributed by atoms with Crippen molar-refractivity contribution in [1.29, 1.82) is 0 Å². The van der Waals surface area contributed by atoms with Gasteiger partial charge in [-0.2, -0.15) is 31.4 Å². The Hall–Kier alpha value is -4.37. The zero-order valence-electron chi connectivity index (χ0n) is 21.8. The van der Waals surface area contributed by atoms with E-state index < -0.39 is 40.4 Å². The Labute approximate surface area is 232 Å². The van der Waals surface area contributed by atoms with Gasteiger partial charge in [-0.15, -0.1) is 0 Å². The number of anilines is 1. The summed E-state index contributed by atoms with van der Waals surface area (Å²) >= 11 is 0. The second-order valence-corrected chi connectivity index (χ2v) is 10.1. The van der Waals surface area contributed by atoms with Gasteiger partial charge in [-0.1, -0.05) is 6.92 Å². The lowest BCUT2D eigenvalue weighted by Gasteiger charge is -2.28. The molecule has 16 heteroatoms. The molecule has 0 aliphatic carbocycles. The van der Waals surface area contributed by atoms with Crippen LogP contribution in [0.5, 0.6) is 0 Å². The van der Waals surface area contributed by atoms with Crippen LogP contribution in [0.1, 0.15) is 37.3 Å². The van der Waals surface area contributed by atoms with Crippen molar-refractivity contribution >= 4 is 16.6 Å². The van der Waals surface area contributed by atoms with Gasteiger partial charge in [0.1, 0.15) is 11.4 Å². The third-order valence-electron chi connectivity index (χ3n) is 7.12. The monoisotopic (exact) mass is 597 g/mol. The maximum atomic E-state index is 14.9. The number of halogens is 7. The van der Waals surface area contributed by atoms with Gasteiger partial charge >= 0.3 is 12.4 Å². The summed E-state index contributed by atoms with van der Waals surface area (Å²) in [4.78, 5) is 37.9. The van der Waals surface area contributed by atoms with E-state index in [1.165, 1.54) is 21.9 Å². The van der Waals surface area contributed by atoms with Gasteiger partial charge in [-0.05, 0) is 37.3 Å². The summed E-state index contributed by atoms with van der Waals surface area (Å²) in [5.41, 5.74) is -4.76. The van der Waals surface area contributed by atoms with Gasteiger partial charge in [-0.3, -0.25) is 14.2 Å². The number of hydrogen-bond donors (Lipinski definition) is 1. The molecule has 1 saturated heterocycles. The van der Waals surface area contributed by atoms with Crippen LogP contribution < -0.4 is 16.0 Å². The fourth-order valence-electron chi connectivity index (χ4n) is 5.22. The minimum absolute atomic E-state index is 0.0474. The van der Waals surface area contributed by atoms with Gasteiger partial charge in [0.15, 0.2) is 5.82 Å². The zero-order chi connectivity index (χ0) is 30.4. The highest BCUT2D eigenvalue weighted by Gasteiger charge is 2.41. The van der Waals surface area contributed by atoms with Crippen molar-refractivity contribution in [2.24, 2.45) is 5.92 Å². The van der Waals surface area contributed by atoms with Crippen molar-refractivity contribution < 1.29 is 30.7 Å². The second kappa shape index (κ2) is 10.8. The van der Waals surface area contributed by atoms with Gasteiger partial charge in [0.2, 0.25) is 0 Å². The molecule has 2 atom stereocenters. The Kier molecular flexibility index (Phi) is 7.49. The molecule has 9 nitrogen and oxygen atoms in total. The first-order chi connectivity index (χ1) is 19.7. The van der Waals surface area contributed by atoms with E-state index in [1.807, 2.05) is 12.0 Å². The average molecular weight is 597 g/mol. The van der Waals surface area contributed by atoms with E-state index in [2.05, 4.69) is 20.1 Å². The van der Waals surface area contributed by atoms with Gasteiger partial charge in [0.05, 0.1) is 40.2 Å².